The molecule has 4 heterocycles. The number of carbonyl (C=O) groups is 2. The van der Waals surface area contributed by atoms with Gasteiger partial charge in [0.15, 0.2) is 22.8 Å². The fraction of sp³-hybridized carbons (Fsp3) is 0.529. The van der Waals surface area contributed by atoms with E-state index in [1.165, 1.54) is 19.3 Å². The maximum Gasteiger partial charge on any atom is 0.274 e. The third kappa shape index (κ3) is 6.31. The average Bonchev–Trinajstić information content (AvgIpc) is 3.61. The summed E-state index contributed by atoms with van der Waals surface area (Å²) in [5.74, 6) is 0.962. The highest BCUT2D eigenvalue weighted by molar-refractivity contribution is 5.95. The molecule has 2 amide bonds. The van der Waals surface area contributed by atoms with Crippen LogP contribution in [0.25, 0.3) is 5.65 Å². The third-order valence-electron chi connectivity index (χ3n) is 9.63. The fourth-order valence-corrected chi connectivity index (χ4v) is 7.30. The molecule has 1 aliphatic carbocycles. The number of fused-ring (bicyclic) bond motifs is 5. The van der Waals surface area contributed by atoms with Gasteiger partial charge in [0.05, 0.1) is 20.3 Å². The molecule has 1 N–H and O–H groups in total. The summed E-state index contributed by atoms with van der Waals surface area (Å²) < 4.78 is 13.4. The predicted octanol–water partition coefficient (Wildman–Crippen LogP) is 4.46. The van der Waals surface area contributed by atoms with Crippen molar-refractivity contribution in [2.45, 2.75) is 64.8 Å². The minimum absolute atomic E-state index is 0.0511. The monoisotopic (exact) mass is 600 g/mol. The Morgan fingerprint density at radius 3 is 2.86 bits per heavy atom. The van der Waals surface area contributed by atoms with E-state index in [0.717, 1.165) is 31.6 Å². The quantitative estimate of drug-likeness (QED) is 0.432. The second-order valence-electron chi connectivity index (χ2n) is 13.1. The Kier molecular flexibility index (Phi) is 8.62. The van der Waals surface area contributed by atoms with Gasteiger partial charge in [-0.05, 0) is 68.2 Å². The number of carbonyl (C=O) groups excluding carboxylic acids is 2. The summed E-state index contributed by atoms with van der Waals surface area (Å²) in [7, 11) is 1.64. The van der Waals surface area contributed by atoms with Crippen molar-refractivity contribution in [2.24, 2.45) is 5.41 Å². The zero-order chi connectivity index (χ0) is 30.8. The molecular formula is C34H44N6O4. The maximum atomic E-state index is 13.6. The van der Waals surface area contributed by atoms with Gasteiger partial charge >= 0.3 is 0 Å². The highest BCUT2D eigenvalue weighted by Crippen LogP contribution is 2.42. The second-order valence-corrected chi connectivity index (χ2v) is 13.1. The van der Waals surface area contributed by atoms with Gasteiger partial charge in [-0.15, -0.1) is 0 Å². The van der Waals surface area contributed by atoms with E-state index in [1.807, 2.05) is 6.07 Å². The van der Waals surface area contributed by atoms with Crippen LogP contribution in [0.3, 0.4) is 0 Å². The average molecular weight is 601 g/mol. The first-order valence-corrected chi connectivity index (χ1v) is 15.8. The largest absolute Gasteiger partial charge is 0.493 e. The van der Waals surface area contributed by atoms with E-state index in [-0.39, 0.29) is 41.4 Å². The van der Waals surface area contributed by atoms with Crippen molar-refractivity contribution in [1.82, 2.24) is 29.7 Å². The van der Waals surface area contributed by atoms with Gasteiger partial charge in [-0.3, -0.25) is 9.59 Å². The van der Waals surface area contributed by atoms with Gasteiger partial charge in [0.25, 0.3) is 5.91 Å². The topological polar surface area (TPSA) is 101 Å². The fourth-order valence-electron chi connectivity index (χ4n) is 7.30. The highest BCUT2D eigenvalue weighted by atomic mass is 16.5. The number of hydrogen-bond acceptors (Lipinski definition) is 7. The summed E-state index contributed by atoms with van der Waals surface area (Å²) in [5, 5.41) is 7.72. The Balaban J connectivity index is 1.24. The molecule has 2 atom stereocenters. The lowest BCUT2D eigenvalue weighted by atomic mass is 9.71. The molecule has 0 saturated carbocycles. The summed E-state index contributed by atoms with van der Waals surface area (Å²) in [5.41, 5.74) is 5.32. The number of nitrogens with zero attached hydrogens (tertiary/aromatic N) is 5. The molecule has 0 unspecified atom stereocenters. The summed E-state index contributed by atoms with van der Waals surface area (Å²) in [4.78, 5) is 35.5. The number of likely N-dealkylation sites (tertiary alicyclic amines) is 1. The van der Waals surface area contributed by atoms with Crippen molar-refractivity contribution < 1.29 is 19.1 Å². The Labute approximate surface area is 259 Å². The lowest BCUT2D eigenvalue weighted by Crippen LogP contribution is -2.47. The van der Waals surface area contributed by atoms with Crippen LogP contribution in [0.1, 0.15) is 74.8 Å². The van der Waals surface area contributed by atoms with E-state index in [0.29, 0.717) is 36.7 Å². The molecule has 1 saturated heterocycles. The van der Waals surface area contributed by atoms with E-state index in [9.17, 15) is 9.59 Å². The molecule has 3 aromatic rings. The van der Waals surface area contributed by atoms with Crippen LogP contribution in [0.5, 0.6) is 11.5 Å². The van der Waals surface area contributed by atoms with E-state index >= 15 is 0 Å². The Morgan fingerprint density at radius 2 is 2.07 bits per heavy atom. The molecule has 10 heteroatoms. The number of allylic oxidation sites excluding steroid dienone is 1. The number of amides is 2. The first-order chi connectivity index (χ1) is 21.2. The van der Waals surface area contributed by atoms with Gasteiger partial charge < -0.3 is 24.6 Å². The molecule has 0 radical (unpaired) electrons. The molecule has 3 aliphatic rings. The highest BCUT2D eigenvalue weighted by Gasteiger charge is 2.37. The summed E-state index contributed by atoms with van der Waals surface area (Å²) >= 11 is 0. The van der Waals surface area contributed by atoms with Crippen LogP contribution in [-0.2, 0) is 4.79 Å². The van der Waals surface area contributed by atoms with Gasteiger partial charge in [0, 0.05) is 56.6 Å². The molecule has 0 spiro atoms. The first kappa shape index (κ1) is 30.1. The number of aromatic nitrogens is 3. The Bertz CT molecular complexity index is 1530. The number of hydrogen-bond donors (Lipinski definition) is 1. The van der Waals surface area contributed by atoms with E-state index < -0.39 is 0 Å². The summed E-state index contributed by atoms with van der Waals surface area (Å²) in [6.45, 7) is 10.2. The molecule has 2 aliphatic heterocycles. The Hall–Kier alpha value is -3.92. The predicted molar refractivity (Wildman–Crippen MR) is 168 cm³/mol. The van der Waals surface area contributed by atoms with Crippen molar-refractivity contribution >= 4 is 17.5 Å². The zero-order valence-electron chi connectivity index (χ0n) is 26.3. The minimum Gasteiger partial charge on any atom is -0.493 e. The molecule has 44 heavy (non-hydrogen) atoms. The van der Waals surface area contributed by atoms with Crippen molar-refractivity contribution in [1.29, 1.82) is 0 Å². The smallest absolute Gasteiger partial charge is 0.274 e. The van der Waals surface area contributed by atoms with Crippen LogP contribution >= 0.6 is 0 Å². The van der Waals surface area contributed by atoms with Gasteiger partial charge in [0.1, 0.15) is 0 Å². The molecule has 234 valence electrons. The van der Waals surface area contributed by atoms with Crippen LogP contribution in [-0.4, -0.2) is 88.7 Å². The summed E-state index contributed by atoms with van der Waals surface area (Å²) in [6.07, 6.45) is 8.68. The second kappa shape index (κ2) is 12.6. The summed E-state index contributed by atoms with van der Waals surface area (Å²) in [6, 6.07) is 9.42. The number of nitrogens with one attached hydrogen (secondary N) is 1. The molecule has 1 fully saturated rings. The van der Waals surface area contributed by atoms with E-state index in [4.69, 9.17) is 9.47 Å². The van der Waals surface area contributed by atoms with E-state index in [2.05, 4.69) is 53.2 Å². The van der Waals surface area contributed by atoms with Crippen molar-refractivity contribution in [3.63, 3.8) is 0 Å². The van der Waals surface area contributed by atoms with Gasteiger partial charge in [-0.2, -0.15) is 5.10 Å². The minimum atomic E-state index is -0.304. The van der Waals surface area contributed by atoms with Gasteiger partial charge in [0.2, 0.25) is 5.91 Å². The number of ether oxygens (including phenoxy) is 2. The lowest BCUT2D eigenvalue weighted by molar-refractivity contribution is -0.122. The normalized spacial score (nSPS) is 22.8. The van der Waals surface area contributed by atoms with E-state index in [1.54, 1.807) is 52.2 Å². The van der Waals surface area contributed by atoms with Crippen molar-refractivity contribution in [2.75, 3.05) is 46.4 Å². The molecule has 2 aromatic heterocycles. The van der Waals surface area contributed by atoms with Gasteiger partial charge in [-0.25, -0.2) is 9.50 Å². The zero-order valence-corrected chi connectivity index (χ0v) is 26.3. The molecule has 2 bridgehead atoms. The van der Waals surface area contributed by atoms with Crippen LogP contribution in [0, 0.1) is 5.41 Å². The molecule has 1 aromatic carbocycles. The standard InChI is InChI=1S/C34H44N6O4/c1-23-8-5-12-34(2,3)26(23)11-16-38-20-25-24-9-10-29(43-4)30(18-24)44-17-7-14-39(22-32(41)36-28(25)21-38)33(42)27-19-31-35-13-6-15-40(31)37-27/h6,9-10,13,15,18-19,25,28H,5,7-8,11-12,14,16-17,20-22H2,1-4H3,(H,36,41)/t25-,28+/m1/s1. The Morgan fingerprint density at radius 1 is 1.20 bits per heavy atom. The van der Waals surface area contributed by atoms with Crippen LogP contribution in [0.2, 0.25) is 0 Å². The van der Waals surface area contributed by atoms with Crippen molar-refractivity contribution in [3.05, 3.63) is 65.1 Å². The van der Waals surface area contributed by atoms with Gasteiger partial charge in [-0.1, -0.05) is 31.1 Å². The molecule has 6 rings (SSSR count). The maximum absolute atomic E-state index is 13.6. The molecule has 10 nitrogen and oxygen atoms in total. The molecular weight excluding hydrogens is 556 g/mol. The van der Waals surface area contributed by atoms with Crippen LogP contribution in [0.4, 0.5) is 0 Å². The SMILES string of the molecule is COc1ccc2cc1OCCCN(C(=O)c1cc3ncccn3n1)CC(=O)N[C@H]1CN(CCC3=C(C)CCCC3(C)C)C[C@H]21. The number of methoxy groups -OCH3 is 1. The number of rotatable bonds is 5. The lowest BCUT2D eigenvalue weighted by Gasteiger charge is -2.35. The van der Waals surface area contributed by atoms with Crippen LogP contribution in [0.15, 0.2) is 53.9 Å². The third-order valence-corrected chi connectivity index (χ3v) is 9.63. The first-order valence-electron chi connectivity index (χ1n) is 15.8. The number of benzene rings is 1. The van der Waals surface area contributed by atoms with Crippen molar-refractivity contribution in [3.8, 4) is 11.5 Å². The van der Waals surface area contributed by atoms with Crippen LogP contribution < -0.4 is 14.8 Å².